The van der Waals surface area contributed by atoms with Crippen LogP contribution in [-0.2, 0) is 18.3 Å². The molecule has 0 aliphatic carbocycles. The topological polar surface area (TPSA) is 0 Å². The van der Waals surface area contributed by atoms with E-state index >= 15 is 0 Å². The minimum absolute atomic E-state index is 0. The van der Waals surface area contributed by atoms with Crippen molar-refractivity contribution in [2.24, 2.45) is 0 Å². The second-order valence-electron chi connectivity index (χ2n) is 1.51. The van der Waals surface area contributed by atoms with Gasteiger partial charge < -0.3 is 0 Å². The van der Waals surface area contributed by atoms with Crippen LogP contribution in [0.3, 0.4) is 0 Å². The van der Waals surface area contributed by atoms with Gasteiger partial charge in [-0.05, 0) is 0 Å². The van der Waals surface area contributed by atoms with E-state index in [9.17, 15) is 0 Å². The van der Waals surface area contributed by atoms with E-state index in [1.165, 1.54) is 26.7 Å². The molecular weight excluding hydrogens is 193 g/mol. The molecule has 0 aliphatic heterocycles. The molecular formula is C5H6ClSZn. The molecule has 0 aromatic carbocycles. The monoisotopic (exact) mass is 197 g/mol. The Morgan fingerprint density at radius 1 is 1.50 bits per heavy atom. The van der Waals surface area contributed by atoms with E-state index in [1.807, 2.05) is 11.3 Å². The maximum atomic E-state index is 2.19. The van der Waals surface area contributed by atoms with Crippen molar-refractivity contribution in [3.63, 3.8) is 0 Å². The minimum Gasteiger partial charge on any atom is -0.147 e. The van der Waals surface area contributed by atoms with E-state index in [1.54, 1.807) is 0 Å². The van der Waals surface area contributed by atoms with Gasteiger partial charge in [-0.1, -0.05) is 0 Å². The Hall–Kier alpha value is 0.613. The number of thiophene rings is 1. The molecule has 0 aliphatic rings. The van der Waals surface area contributed by atoms with Crippen LogP contribution in [0.25, 0.3) is 0 Å². The van der Waals surface area contributed by atoms with Gasteiger partial charge in [0.1, 0.15) is 0 Å². The molecule has 1 aromatic rings. The standard InChI is InChI=1S/C5H5S.ClH.Zn/c1-5-3-2-4-6-5;;/h2-3H,1H3;1H;. The molecule has 1 aromatic heterocycles. The molecule has 41 valence electrons. The molecule has 0 unspecified atom stereocenters. The van der Waals surface area contributed by atoms with Crippen molar-refractivity contribution >= 4 is 27.2 Å². The van der Waals surface area contributed by atoms with Gasteiger partial charge in [0.2, 0.25) is 0 Å². The maximum Gasteiger partial charge on any atom is -0.147 e. The Balaban J connectivity index is 0.000000490. The number of hydrogen-bond acceptors (Lipinski definition) is 1. The summed E-state index contributed by atoms with van der Waals surface area (Å²) in [6.07, 6.45) is 0. The van der Waals surface area contributed by atoms with E-state index in [-0.39, 0.29) is 12.4 Å². The van der Waals surface area contributed by atoms with Gasteiger partial charge in [-0.3, -0.25) is 0 Å². The molecule has 1 heterocycles. The van der Waals surface area contributed by atoms with Crippen molar-refractivity contribution in [1.82, 2.24) is 0 Å². The van der Waals surface area contributed by atoms with E-state index in [4.69, 9.17) is 0 Å². The van der Waals surface area contributed by atoms with Crippen molar-refractivity contribution in [2.75, 3.05) is 0 Å². The fourth-order valence-electron chi connectivity index (χ4n) is 0.485. The molecule has 0 amide bonds. The second-order valence-corrected chi connectivity index (χ2v) is 5.56. The van der Waals surface area contributed by atoms with Crippen LogP contribution in [0.1, 0.15) is 4.88 Å². The summed E-state index contributed by atoms with van der Waals surface area (Å²) in [6, 6.07) is 4.36. The molecule has 0 N–H and O–H groups in total. The number of rotatable bonds is 0. The number of halogens is 1. The van der Waals surface area contributed by atoms with Crippen molar-refractivity contribution in [1.29, 1.82) is 0 Å². The van der Waals surface area contributed by atoms with Gasteiger partial charge in [0.15, 0.2) is 0 Å². The fourth-order valence-corrected chi connectivity index (χ4v) is 2.85. The van der Waals surface area contributed by atoms with Crippen LogP contribution in [0.15, 0.2) is 12.1 Å². The van der Waals surface area contributed by atoms with E-state index in [2.05, 4.69) is 19.1 Å². The third-order valence-electron chi connectivity index (χ3n) is 0.796. The van der Waals surface area contributed by atoms with Crippen molar-refractivity contribution in [3.05, 3.63) is 17.0 Å². The summed E-state index contributed by atoms with van der Waals surface area (Å²) in [4.78, 5) is 1.43. The van der Waals surface area contributed by atoms with Crippen molar-refractivity contribution in [2.45, 2.75) is 6.92 Å². The second kappa shape index (κ2) is 3.60. The first-order valence-corrected chi connectivity index (χ1v) is 4.47. The average Bonchev–Trinajstić information content (AvgIpc) is 1.87. The Kier molecular flexibility index (Phi) is 3.88. The van der Waals surface area contributed by atoms with Crippen LogP contribution >= 0.6 is 23.7 Å². The van der Waals surface area contributed by atoms with Crippen molar-refractivity contribution in [3.8, 4) is 0 Å². The van der Waals surface area contributed by atoms with Gasteiger partial charge in [0.05, 0.1) is 0 Å². The summed E-state index contributed by atoms with van der Waals surface area (Å²) in [5.74, 6) is 0. The summed E-state index contributed by atoms with van der Waals surface area (Å²) in [5, 5.41) is 0. The van der Waals surface area contributed by atoms with Crippen LogP contribution in [0.5, 0.6) is 0 Å². The van der Waals surface area contributed by atoms with Gasteiger partial charge in [0, 0.05) is 0 Å². The summed E-state index contributed by atoms with van der Waals surface area (Å²) in [7, 11) is 0. The summed E-state index contributed by atoms with van der Waals surface area (Å²) < 4.78 is 1.53. The predicted molar refractivity (Wildman–Crippen MR) is 35.9 cm³/mol. The Morgan fingerprint density at radius 2 is 2.12 bits per heavy atom. The summed E-state index contributed by atoms with van der Waals surface area (Å²) >= 11 is 3.20. The Labute approximate surface area is 69.4 Å². The van der Waals surface area contributed by atoms with Gasteiger partial charge in [-0.2, -0.15) is 0 Å². The third-order valence-corrected chi connectivity index (χ3v) is 3.06. The molecule has 0 atom stereocenters. The third kappa shape index (κ3) is 2.25. The van der Waals surface area contributed by atoms with Crippen molar-refractivity contribution < 1.29 is 18.3 Å². The SMILES string of the molecule is Cc1cc[c]([Zn])s1.Cl. The van der Waals surface area contributed by atoms with Crippen LogP contribution in [-0.4, -0.2) is 0 Å². The molecule has 0 bridgehead atoms. The van der Waals surface area contributed by atoms with Gasteiger partial charge in [-0.15, -0.1) is 12.4 Å². The zero-order valence-electron chi connectivity index (χ0n) is 4.68. The molecule has 0 saturated heterocycles. The van der Waals surface area contributed by atoms with Gasteiger partial charge >= 0.3 is 57.0 Å². The molecule has 1 rings (SSSR count). The van der Waals surface area contributed by atoms with Gasteiger partial charge in [0.25, 0.3) is 0 Å². The zero-order chi connectivity index (χ0) is 5.28. The van der Waals surface area contributed by atoms with E-state index in [0.717, 1.165) is 0 Å². The van der Waals surface area contributed by atoms with Gasteiger partial charge in [-0.25, -0.2) is 0 Å². The molecule has 0 saturated carbocycles. The van der Waals surface area contributed by atoms with E-state index < -0.39 is 0 Å². The minimum atomic E-state index is 0. The predicted octanol–water partition coefficient (Wildman–Crippen LogP) is 1.65. The van der Waals surface area contributed by atoms with Crippen LogP contribution in [0, 0.1) is 6.92 Å². The first kappa shape index (κ1) is 8.61. The maximum absolute atomic E-state index is 2.19. The molecule has 0 nitrogen and oxygen atoms in total. The number of hydrogen-bond donors (Lipinski definition) is 0. The molecule has 8 heavy (non-hydrogen) atoms. The largest absolute Gasteiger partial charge is 0.147 e. The first-order valence-electron chi connectivity index (χ1n) is 2.17. The quantitative estimate of drug-likeness (QED) is 0.557. The number of aryl methyl sites for hydroxylation is 1. The Bertz CT molecular complexity index is 145. The molecule has 0 fully saturated rings. The average molecular weight is 199 g/mol. The van der Waals surface area contributed by atoms with Crippen LogP contribution in [0.4, 0.5) is 0 Å². The smallest absolute Gasteiger partial charge is 0.147 e. The Morgan fingerprint density at radius 3 is 2.25 bits per heavy atom. The van der Waals surface area contributed by atoms with Crippen LogP contribution in [0.2, 0.25) is 0 Å². The summed E-state index contributed by atoms with van der Waals surface area (Å²) in [6.45, 7) is 2.14. The summed E-state index contributed by atoms with van der Waals surface area (Å²) in [5.41, 5.74) is 0. The fraction of sp³-hybridized carbons (Fsp3) is 0.200. The first-order chi connectivity index (χ1) is 3.29. The zero-order valence-corrected chi connectivity index (χ0v) is 9.28. The molecule has 0 spiro atoms. The molecule has 0 radical (unpaired) electrons. The van der Waals surface area contributed by atoms with E-state index in [0.29, 0.717) is 0 Å². The molecule has 3 heteroatoms. The normalized spacial score (nSPS) is 8.38. The van der Waals surface area contributed by atoms with Crippen LogP contribution < -0.4 is 3.47 Å².